The van der Waals surface area contributed by atoms with Crippen LogP contribution in [-0.4, -0.2) is 19.4 Å². The number of carbonyl (C=O) groups is 1. The van der Waals surface area contributed by atoms with Gasteiger partial charge in [-0.25, -0.2) is 0 Å². The molecule has 0 aliphatic heterocycles. The first-order valence-corrected chi connectivity index (χ1v) is 5.82. The third-order valence-corrected chi connectivity index (χ3v) is 3.31. The topological polar surface area (TPSA) is 20.3 Å². The first-order chi connectivity index (χ1) is 7.47. The van der Waals surface area contributed by atoms with Crippen molar-refractivity contribution in [1.82, 2.24) is 0 Å². The Morgan fingerprint density at radius 2 is 1.94 bits per heavy atom. The molecule has 0 saturated carbocycles. The van der Waals surface area contributed by atoms with Crippen molar-refractivity contribution in [3.05, 3.63) is 28.8 Å². The maximum Gasteiger partial charge on any atom is 0.152 e. The number of nitrogens with zero attached hydrogens (tertiary/aromatic N) is 1. The molecule has 1 unspecified atom stereocenters. The van der Waals surface area contributed by atoms with E-state index >= 15 is 0 Å². The van der Waals surface area contributed by atoms with E-state index in [-0.39, 0.29) is 0 Å². The van der Waals surface area contributed by atoms with Gasteiger partial charge in [0.2, 0.25) is 0 Å². The molecule has 1 aromatic carbocycles. The molecule has 0 spiro atoms. The molecule has 0 aliphatic rings. The van der Waals surface area contributed by atoms with Gasteiger partial charge in [0.25, 0.3) is 0 Å². The average Bonchev–Trinajstić information content (AvgIpc) is 2.26. The second-order valence-electron chi connectivity index (χ2n) is 4.42. The number of anilines is 1. The van der Waals surface area contributed by atoms with E-state index in [9.17, 15) is 4.79 Å². The quantitative estimate of drug-likeness (QED) is 0.748. The number of hydrogen-bond acceptors (Lipinski definition) is 2. The second kappa shape index (κ2) is 5.35. The zero-order chi connectivity index (χ0) is 12.3. The molecular formula is C13H18ClNO. The Morgan fingerprint density at radius 3 is 2.44 bits per heavy atom. The highest BCUT2D eigenvalue weighted by molar-refractivity contribution is 6.31. The van der Waals surface area contributed by atoms with Crippen molar-refractivity contribution < 1.29 is 4.79 Å². The van der Waals surface area contributed by atoms with Crippen molar-refractivity contribution in [2.75, 3.05) is 11.9 Å². The van der Waals surface area contributed by atoms with Crippen LogP contribution >= 0.6 is 11.6 Å². The van der Waals surface area contributed by atoms with Crippen LogP contribution in [0.25, 0.3) is 0 Å². The molecule has 0 heterocycles. The largest absolute Gasteiger partial charge is 0.371 e. The summed E-state index contributed by atoms with van der Waals surface area (Å²) in [6.45, 7) is 6.48. The SMILES string of the molecule is CC(C)C(C)N(C)c1ccc(Cl)cc1C=O. The summed E-state index contributed by atoms with van der Waals surface area (Å²) in [5, 5.41) is 0.594. The van der Waals surface area contributed by atoms with E-state index in [0.717, 1.165) is 12.0 Å². The minimum Gasteiger partial charge on any atom is -0.371 e. The fraction of sp³-hybridized carbons (Fsp3) is 0.462. The minimum atomic E-state index is 0.375. The molecule has 0 amide bonds. The van der Waals surface area contributed by atoms with Gasteiger partial charge in [0, 0.05) is 29.4 Å². The molecule has 1 atom stereocenters. The van der Waals surface area contributed by atoms with Crippen molar-refractivity contribution in [1.29, 1.82) is 0 Å². The van der Waals surface area contributed by atoms with Gasteiger partial charge in [-0.1, -0.05) is 25.4 Å². The number of benzene rings is 1. The van der Waals surface area contributed by atoms with Crippen molar-refractivity contribution in [3.63, 3.8) is 0 Å². The number of rotatable bonds is 4. The number of hydrogen-bond donors (Lipinski definition) is 0. The number of halogens is 1. The van der Waals surface area contributed by atoms with E-state index in [0.29, 0.717) is 22.5 Å². The fourth-order valence-corrected chi connectivity index (χ4v) is 1.79. The monoisotopic (exact) mass is 239 g/mol. The van der Waals surface area contributed by atoms with Crippen molar-refractivity contribution >= 4 is 23.6 Å². The minimum absolute atomic E-state index is 0.375. The fourth-order valence-electron chi connectivity index (χ4n) is 1.61. The highest BCUT2D eigenvalue weighted by Gasteiger charge is 2.16. The Morgan fingerprint density at radius 1 is 1.31 bits per heavy atom. The highest BCUT2D eigenvalue weighted by Crippen LogP contribution is 2.25. The van der Waals surface area contributed by atoms with E-state index in [1.54, 1.807) is 6.07 Å². The highest BCUT2D eigenvalue weighted by atomic mass is 35.5. The van der Waals surface area contributed by atoms with Crippen LogP contribution in [0.15, 0.2) is 18.2 Å². The molecule has 1 aromatic rings. The second-order valence-corrected chi connectivity index (χ2v) is 4.85. The van der Waals surface area contributed by atoms with Gasteiger partial charge in [-0.15, -0.1) is 0 Å². The number of carbonyl (C=O) groups excluding carboxylic acids is 1. The van der Waals surface area contributed by atoms with Gasteiger partial charge in [0.15, 0.2) is 6.29 Å². The molecule has 0 saturated heterocycles. The summed E-state index contributed by atoms with van der Waals surface area (Å²) < 4.78 is 0. The van der Waals surface area contributed by atoms with Gasteiger partial charge in [-0.05, 0) is 31.0 Å². The van der Waals surface area contributed by atoms with Crippen LogP contribution in [0, 0.1) is 5.92 Å². The molecule has 0 N–H and O–H groups in total. The van der Waals surface area contributed by atoms with Crippen LogP contribution in [0.5, 0.6) is 0 Å². The van der Waals surface area contributed by atoms with Crippen LogP contribution < -0.4 is 4.90 Å². The van der Waals surface area contributed by atoms with Crippen molar-refractivity contribution in [2.45, 2.75) is 26.8 Å². The third kappa shape index (κ3) is 2.76. The molecule has 3 heteroatoms. The van der Waals surface area contributed by atoms with Gasteiger partial charge < -0.3 is 4.90 Å². The van der Waals surface area contributed by atoms with E-state index < -0.39 is 0 Å². The zero-order valence-corrected chi connectivity index (χ0v) is 11.0. The molecule has 0 aliphatic carbocycles. The molecule has 0 fully saturated rings. The molecule has 0 aromatic heterocycles. The summed E-state index contributed by atoms with van der Waals surface area (Å²) in [6.07, 6.45) is 0.852. The van der Waals surface area contributed by atoms with E-state index in [4.69, 9.17) is 11.6 Å². The standard InChI is InChI=1S/C13H18ClNO/c1-9(2)10(3)15(4)13-6-5-12(14)7-11(13)8-16/h5-10H,1-4H3. The molecular weight excluding hydrogens is 222 g/mol. The Balaban J connectivity index is 3.07. The van der Waals surface area contributed by atoms with Gasteiger partial charge in [0.1, 0.15) is 0 Å². The summed E-state index contributed by atoms with van der Waals surface area (Å²) in [5.74, 6) is 0.528. The van der Waals surface area contributed by atoms with Gasteiger partial charge in [-0.2, -0.15) is 0 Å². The van der Waals surface area contributed by atoms with Crippen LogP contribution in [-0.2, 0) is 0 Å². The number of aldehydes is 1. The summed E-state index contributed by atoms with van der Waals surface area (Å²) in [4.78, 5) is 13.1. The van der Waals surface area contributed by atoms with Crippen molar-refractivity contribution in [2.24, 2.45) is 5.92 Å². The lowest BCUT2D eigenvalue weighted by Crippen LogP contribution is -2.33. The lowest BCUT2D eigenvalue weighted by Gasteiger charge is -2.31. The van der Waals surface area contributed by atoms with Crippen LogP contribution in [0.1, 0.15) is 31.1 Å². The van der Waals surface area contributed by atoms with Crippen LogP contribution in [0.4, 0.5) is 5.69 Å². The third-order valence-electron chi connectivity index (χ3n) is 3.07. The first-order valence-electron chi connectivity index (χ1n) is 5.45. The summed E-state index contributed by atoms with van der Waals surface area (Å²) >= 11 is 5.86. The summed E-state index contributed by atoms with van der Waals surface area (Å²) in [5.41, 5.74) is 1.57. The molecule has 0 bridgehead atoms. The predicted octanol–water partition coefficient (Wildman–Crippen LogP) is 3.63. The van der Waals surface area contributed by atoms with Gasteiger partial charge in [-0.3, -0.25) is 4.79 Å². The molecule has 0 radical (unpaired) electrons. The Labute approximate surface area is 102 Å². The van der Waals surface area contributed by atoms with E-state index in [1.165, 1.54) is 0 Å². The van der Waals surface area contributed by atoms with E-state index in [2.05, 4.69) is 25.7 Å². The Hall–Kier alpha value is -1.02. The Bertz CT molecular complexity index is 376. The first kappa shape index (κ1) is 13.0. The smallest absolute Gasteiger partial charge is 0.152 e. The Kier molecular flexibility index (Phi) is 4.36. The summed E-state index contributed by atoms with van der Waals surface area (Å²) in [6, 6.07) is 5.78. The molecule has 88 valence electrons. The lowest BCUT2D eigenvalue weighted by molar-refractivity contribution is 0.112. The molecule has 2 nitrogen and oxygen atoms in total. The van der Waals surface area contributed by atoms with E-state index in [1.807, 2.05) is 19.2 Å². The zero-order valence-electron chi connectivity index (χ0n) is 10.2. The lowest BCUT2D eigenvalue weighted by atomic mass is 10.0. The van der Waals surface area contributed by atoms with Crippen LogP contribution in [0.2, 0.25) is 5.02 Å². The average molecular weight is 240 g/mol. The maximum atomic E-state index is 11.0. The van der Waals surface area contributed by atoms with Gasteiger partial charge in [0.05, 0.1) is 0 Å². The normalized spacial score (nSPS) is 12.6. The van der Waals surface area contributed by atoms with Crippen LogP contribution in [0.3, 0.4) is 0 Å². The molecule has 16 heavy (non-hydrogen) atoms. The van der Waals surface area contributed by atoms with Crippen molar-refractivity contribution in [3.8, 4) is 0 Å². The summed E-state index contributed by atoms with van der Waals surface area (Å²) in [7, 11) is 2.00. The predicted molar refractivity (Wildman–Crippen MR) is 69.5 cm³/mol. The molecule has 1 rings (SSSR count). The maximum absolute atomic E-state index is 11.0. The van der Waals surface area contributed by atoms with Gasteiger partial charge >= 0.3 is 0 Å².